The highest BCUT2D eigenvalue weighted by atomic mass is 35.5. The molecular formula is C13H17ClO3S. The Morgan fingerprint density at radius 1 is 1.33 bits per heavy atom. The number of hydrogen-bond donors (Lipinski definition) is 0. The molecule has 0 fully saturated rings. The second kappa shape index (κ2) is 6.34. The molecule has 1 aromatic carbocycles. The van der Waals surface area contributed by atoms with Crippen molar-refractivity contribution in [2.75, 3.05) is 5.75 Å². The van der Waals surface area contributed by atoms with Crippen LogP contribution in [0.5, 0.6) is 0 Å². The number of hydrogen-bond acceptors (Lipinski definition) is 3. The SMILES string of the molecule is CC(C)(C)OC(=O)CCS(=O)c1ccccc1Cl. The van der Waals surface area contributed by atoms with Gasteiger partial charge in [-0.05, 0) is 32.9 Å². The molecule has 0 radical (unpaired) electrons. The number of ether oxygens (including phenoxy) is 1. The van der Waals surface area contributed by atoms with Gasteiger partial charge in [0.2, 0.25) is 0 Å². The molecule has 1 aromatic rings. The van der Waals surface area contributed by atoms with E-state index in [9.17, 15) is 9.00 Å². The van der Waals surface area contributed by atoms with E-state index in [2.05, 4.69) is 0 Å². The predicted octanol–water partition coefficient (Wildman–Crippen LogP) is 3.18. The van der Waals surface area contributed by atoms with Crippen molar-refractivity contribution in [1.82, 2.24) is 0 Å². The van der Waals surface area contributed by atoms with Gasteiger partial charge in [0.25, 0.3) is 0 Å². The topological polar surface area (TPSA) is 43.4 Å². The van der Waals surface area contributed by atoms with Gasteiger partial charge in [-0.3, -0.25) is 9.00 Å². The number of rotatable bonds is 4. The molecule has 5 heteroatoms. The number of carbonyl (C=O) groups excluding carboxylic acids is 1. The smallest absolute Gasteiger partial charge is 0.307 e. The zero-order valence-electron chi connectivity index (χ0n) is 10.7. The van der Waals surface area contributed by atoms with E-state index in [1.807, 2.05) is 0 Å². The molecule has 1 unspecified atom stereocenters. The molecule has 100 valence electrons. The van der Waals surface area contributed by atoms with Crippen LogP contribution in [0.3, 0.4) is 0 Å². The Kier molecular flexibility index (Phi) is 5.35. The zero-order valence-corrected chi connectivity index (χ0v) is 12.3. The van der Waals surface area contributed by atoms with E-state index in [4.69, 9.17) is 16.3 Å². The van der Waals surface area contributed by atoms with Crippen LogP contribution >= 0.6 is 11.6 Å². The summed E-state index contributed by atoms with van der Waals surface area (Å²) >= 11 is 5.93. The highest BCUT2D eigenvalue weighted by Crippen LogP contribution is 2.19. The molecule has 0 bridgehead atoms. The molecule has 0 saturated carbocycles. The maximum atomic E-state index is 12.0. The molecule has 0 spiro atoms. The summed E-state index contributed by atoms with van der Waals surface area (Å²) in [5, 5.41) is 0.458. The lowest BCUT2D eigenvalue weighted by atomic mass is 10.2. The summed E-state index contributed by atoms with van der Waals surface area (Å²) in [5.74, 6) is -0.124. The van der Waals surface area contributed by atoms with Gasteiger partial charge < -0.3 is 4.74 Å². The molecular weight excluding hydrogens is 272 g/mol. The number of benzene rings is 1. The maximum absolute atomic E-state index is 12.0. The van der Waals surface area contributed by atoms with Crippen LogP contribution in [-0.4, -0.2) is 21.5 Å². The van der Waals surface area contributed by atoms with E-state index in [-0.39, 0.29) is 18.1 Å². The molecule has 3 nitrogen and oxygen atoms in total. The summed E-state index contributed by atoms with van der Waals surface area (Å²) in [6.07, 6.45) is 0.120. The largest absolute Gasteiger partial charge is 0.460 e. The van der Waals surface area contributed by atoms with Crippen molar-refractivity contribution in [2.24, 2.45) is 0 Å². The van der Waals surface area contributed by atoms with Gasteiger partial charge >= 0.3 is 5.97 Å². The standard InChI is InChI=1S/C13H17ClO3S/c1-13(2,3)17-12(15)8-9-18(16)11-7-5-4-6-10(11)14/h4-7H,8-9H2,1-3H3. The molecule has 0 aromatic heterocycles. The normalized spacial score (nSPS) is 13.1. The Hall–Kier alpha value is -0.870. The van der Waals surface area contributed by atoms with E-state index < -0.39 is 16.4 Å². The van der Waals surface area contributed by atoms with Crippen molar-refractivity contribution in [1.29, 1.82) is 0 Å². The van der Waals surface area contributed by atoms with Gasteiger partial charge in [0.05, 0.1) is 27.1 Å². The molecule has 0 saturated heterocycles. The van der Waals surface area contributed by atoms with Gasteiger partial charge in [-0.25, -0.2) is 0 Å². The van der Waals surface area contributed by atoms with Gasteiger partial charge in [0.15, 0.2) is 0 Å². The minimum atomic E-state index is -1.28. The molecule has 0 amide bonds. The molecule has 18 heavy (non-hydrogen) atoms. The van der Waals surface area contributed by atoms with Crippen LogP contribution in [0.1, 0.15) is 27.2 Å². The van der Waals surface area contributed by atoms with Crippen LogP contribution in [0.2, 0.25) is 5.02 Å². The molecule has 0 N–H and O–H groups in total. The van der Waals surface area contributed by atoms with Crippen LogP contribution < -0.4 is 0 Å². The molecule has 1 atom stereocenters. The predicted molar refractivity (Wildman–Crippen MR) is 73.2 cm³/mol. The Morgan fingerprint density at radius 2 is 1.94 bits per heavy atom. The van der Waals surface area contributed by atoms with Gasteiger partial charge in [-0.2, -0.15) is 0 Å². The zero-order chi connectivity index (χ0) is 13.8. The monoisotopic (exact) mass is 288 g/mol. The average Bonchev–Trinajstić information content (AvgIpc) is 2.24. The second-order valence-electron chi connectivity index (χ2n) is 4.82. The summed E-state index contributed by atoms with van der Waals surface area (Å²) in [7, 11) is -1.28. The van der Waals surface area contributed by atoms with Gasteiger partial charge in [-0.15, -0.1) is 0 Å². The molecule has 0 aliphatic heterocycles. The van der Waals surface area contributed by atoms with Crippen molar-refractivity contribution in [3.8, 4) is 0 Å². The van der Waals surface area contributed by atoms with Gasteiger partial charge in [-0.1, -0.05) is 23.7 Å². The van der Waals surface area contributed by atoms with Crippen molar-refractivity contribution < 1.29 is 13.7 Å². The number of esters is 1. The first-order chi connectivity index (χ1) is 8.29. The summed E-state index contributed by atoms with van der Waals surface area (Å²) in [5.41, 5.74) is -0.511. The third kappa shape index (κ3) is 5.19. The molecule has 1 rings (SSSR count). The van der Waals surface area contributed by atoms with Crippen molar-refractivity contribution in [3.05, 3.63) is 29.3 Å². The number of carbonyl (C=O) groups is 1. The Bertz CT molecular complexity index is 452. The van der Waals surface area contributed by atoms with Crippen LogP contribution in [0.15, 0.2) is 29.2 Å². The van der Waals surface area contributed by atoms with Crippen LogP contribution in [0.4, 0.5) is 0 Å². The first-order valence-electron chi connectivity index (χ1n) is 5.64. The van der Waals surface area contributed by atoms with E-state index in [1.54, 1.807) is 45.0 Å². The fourth-order valence-electron chi connectivity index (χ4n) is 1.31. The summed E-state index contributed by atoms with van der Waals surface area (Å²) < 4.78 is 17.1. The average molecular weight is 289 g/mol. The highest BCUT2D eigenvalue weighted by molar-refractivity contribution is 7.85. The first kappa shape index (κ1) is 15.2. The lowest BCUT2D eigenvalue weighted by Crippen LogP contribution is -2.24. The minimum Gasteiger partial charge on any atom is -0.460 e. The highest BCUT2D eigenvalue weighted by Gasteiger charge is 2.17. The first-order valence-corrected chi connectivity index (χ1v) is 7.34. The number of halogens is 1. The maximum Gasteiger partial charge on any atom is 0.307 e. The second-order valence-corrected chi connectivity index (χ2v) is 6.76. The van der Waals surface area contributed by atoms with Crippen molar-refractivity contribution in [3.63, 3.8) is 0 Å². The van der Waals surface area contributed by atoms with Crippen LogP contribution in [0, 0.1) is 0 Å². The molecule has 0 aliphatic rings. The summed E-state index contributed by atoms with van der Waals surface area (Å²) in [6.45, 7) is 5.40. The quantitative estimate of drug-likeness (QED) is 0.799. The Morgan fingerprint density at radius 3 is 2.50 bits per heavy atom. The van der Waals surface area contributed by atoms with E-state index in [1.165, 1.54) is 0 Å². The Balaban J connectivity index is 2.52. The van der Waals surface area contributed by atoms with Gasteiger partial charge in [0, 0.05) is 5.75 Å². The van der Waals surface area contributed by atoms with Gasteiger partial charge in [0.1, 0.15) is 5.60 Å². The van der Waals surface area contributed by atoms with Crippen LogP contribution in [-0.2, 0) is 20.3 Å². The van der Waals surface area contributed by atoms with E-state index in [0.29, 0.717) is 9.92 Å². The lowest BCUT2D eigenvalue weighted by molar-refractivity contribution is -0.154. The molecule has 0 aliphatic carbocycles. The minimum absolute atomic E-state index is 0.120. The fourth-order valence-corrected chi connectivity index (χ4v) is 2.79. The lowest BCUT2D eigenvalue weighted by Gasteiger charge is -2.19. The van der Waals surface area contributed by atoms with Crippen LogP contribution in [0.25, 0.3) is 0 Å². The Labute approximate surface area is 115 Å². The van der Waals surface area contributed by atoms with Crippen molar-refractivity contribution >= 4 is 28.4 Å². The van der Waals surface area contributed by atoms with E-state index in [0.717, 1.165) is 0 Å². The van der Waals surface area contributed by atoms with Crippen molar-refractivity contribution in [2.45, 2.75) is 37.7 Å². The fraction of sp³-hybridized carbons (Fsp3) is 0.462. The molecule has 0 heterocycles. The third-order valence-corrected chi connectivity index (χ3v) is 3.86. The summed E-state index contributed by atoms with van der Waals surface area (Å²) in [6, 6.07) is 6.93. The third-order valence-electron chi connectivity index (χ3n) is 1.99. The summed E-state index contributed by atoms with van der Waals surface area (Å²) in [4.78, 5) is 12.0. The van der Waals surface area contributed by atoms with E-state index >= 15 is 0 Å².